The first kappa shape index (κ1) is 21.0. The zero-order chi connectivity index (χ0) is 20.1. The number of nitrogens with zero attached hydrogens (tertiary/aromatic N) is 2. The molecule has 3 rings (SSSR count). The zero-order valence-electron chi connectivity index (χ0n) is 15.0. The first-order valence-corrected chi connectivity index (χ1v) is 11.4. The van der Waals surface area contributed by atoms with Crippen LogP contribution < -0.4 is 16.5 Å². The van der Waals surface area contributed by atoms with E-state index >= 15 is 0 Å². The summed E-state index contributed by atoms with van der Waals surface area (Å²) in [5, 5.41) is 12.6. The Labute approximate surface area is 166 Å². The molecule has 4 atom stereocenters. The summed E-state index contributed by atoms with van der Waals surface area (Å²) in [5.41, 5.74) is 5.84. The van der Waals surface area contributed by atoms with Crippen LogP contribution in [0.3, 0.4) is 0 Å². The average molecular weight is 426 g/mol. The highest BCUT2D eigenvalue weighted by atomic mass is 32.2. The van der Waals surface area contributed by atoms with Crippen LogP contribution in [0.2, 0.25) is 0 Å². The molecule has 0 spiro atoms. The predicted molar refractivity (Wildman–Crippen MR) is 108 cm³/mol. The Morgan fingerprint density at radius 2 is 2.11 bits per heavy atom. The standard InChI is InChI=1S/C17H23N4O5PS/c18-14-6-8-21(17(23)20-14)16-15(22)13(11-28-16)7-9-26-27(24,25)19-10-12-4-2-1-3-5-12/h1-6,8,13,15-16,22H,7,9-11H2,(H2,18,20,23)(H2,19,24,25)/t13?,15-,16+/m0/s1. The van der Waals surface area contributed by atoms with Gasteiger partial charge in [-0.15, -0.1) is 11.8 Å². The number of thioether (sulfide) groups is 1. The summed E-state index contributed by atoms with van der Waals surface area (Å²) in [7, 11) is -3.94. The van der Waals surface area contributed by atoms with Gasteiger partial charge < -0.3 is 15.7 Å². The van der Waals surface area contributed by atoms with Crippen molar-refractivity contribution >= 4 is 25.3 Å². The van der Waals surface area contributed by atoms with Gasteiger partial charge in [0.25, 0.3) is 0 Å². The maximum Gasteiger partial charge on any atom is 0.403 e. The minimum absolute atomic E-state index is 0.0134. The number of aliphatic hydroxyl groups excluding tert-OH is 1. The Bertz CT molecular complexity index is 897. The van der Waals surface area contributed by atoms with Crippen molar-refractivity contribution in [2.24, 2.45) is 5.92 Å². The number of hydrogen-bond acceptors (Lipinski definition) is 7. The van der Waals surface area contributed by atoms with Crippen molar-refractivity contribution in [2.75, 3.05) is 18.1 Å². The summed E-state index contributed by atoms with van der Waals surface area (Å²) < 4.78 is 18.6. The number of aliphatic hydroxyl groups is 1. The number of nitrogens with two attached hydrogens (primary N) is 1. The second kappa shape index (κ2) is 9.21. The van der Waals surface area contributed by atoms with Crippen molar-refractivity contribution in [2.45, 2.75) is 24.4 Å². The van der Waals surface area contributed by atoms with Gasteiger partial charge in [-0.25, -0.2) is 14.4 Å². The third-order valence-electron chi connectivity index (χ3n) is 4.46. The molecule has 5 N–H and O–H groups in total. The molecule has 0 saturated carbocycles. The molecule has 1 aromatic heterocycles. The first-order valence-electron chi connectivity index (χ1n) is 8.76. The van der Waals surface area contributed by atoms with E-state index in [1.807, 2.05) is 30.3 Å². The second-order valence-corrected chi connectivity index (χ2v) is 9.24. The molecule has 0 amide bonds. The van der Waals surface area contributed by atoms with Crippen LogP contribution in [0.1, 0.15) is 17.4 Å². The van der Waals surface area contributed by atoms with Gasteiger partial charge in [-0.2, -0.15) is 4.98 Å². The monoisotopic (exact) mass is 426 g/mol. The molecular weight excluding hydrogens is 403 g/mol. The predicted octanol–water partition coefficient (Wildman–Crippen LogP) is 1.34. The molecule has 28 heavy (non-hydrogen) atoms. The van der Waals surface area contributed by atoms with E-state index in [1.165, 1.54) is 28.6 Å². The van der Waals surface area contributed by atoms with Gasteiger partial charge in [-0.3, -0.25) is 9.09 Å². The molecule has 152 valence electrons. The summed E-state index contributed by atoms with van der Waals surface area (Å²) in [4.78, 5) is 25.5. The number of anilines is 1. The highest BCUT2D eigenvalue weighted by Crippen LogP contribution is 2.42. The van der Waals surface area contributed by atoms with Gasteiger partial charge in [0.05, 0.1) is 12.7 Å². The summed E-state index contributed by atoms with van der Waals surface area (Å²) in [5.74, 6) is 0.554. The minimum Gasteiger partial charge on any atom is -0.390 e. The Hall–Kier alpha value is -1.68. The first-order chi connectivity index (χ1) is 13.4. The molecule has 1 fully saturated rings. The summed E-state index contributed by atoms with van der Waals surface area (Å²) in [6.45, 7) is 0.227. The molecule has 1 aromatic carbocycles. The van der Waals surface area contributed by atoms with Gasteiger partial charge >= 0.3 is 13.4 Å². The number of hydrogen-bond donors (Lipinski definition) is 4. The van der Waals surface area contributed by atoms with Gasteiger partial charge in [0.1, 0.15) is 11.2 Å². The van der Waals surface area contributed by atoms with Crippen LogP contribution in [-0.4, -0.2) is 38.0 Å². The van der Waals surface area contributed by atoms with Gasteiger partial charge in [0.2, 0.25) is 0 Å². The molecule has 0 bridgehead atoms. The zero-order valence-corrected chi connectivity index (χ0v) is 16.8. The Kier molecular flexibility index (Phi) is 6.92. The highest BCUT2D eigenvalue weighted by Gasteiger charge is 2.37. The van der Waals surface area contributed by atoms with Crippen molar-refractivity contribution in [1.29, 1.82) is 0 Å². The van der Waals surface area contributed by atoms with Crippen LogP contribution in [0, 0.1) is 5.92 Å². The molecule has 0 radical (unpaired) electrons. The number of rotatable bonds is 8. The lowest BCUT2D eigenvalue weighted by Crippen LogP contribution is -2.32. The van der Waals surface area contributed by atoms with Crippen LogP contribution in [-0.2, 0) is 15.6 Å². The molecular formula is C17H23N4O5PS. The Balaban J connectivity index is 1.48. The minimum atomic E-state index is -3.94. The van der Waals surface area contributed by atoms with Gasteiger partial charge in [0, 0.05) is 18.5 Å². The second-order valence-electron chi connectivity index (χ2n) is 6.48. The van der Waals surface area contributed by atoms with Crippen molar-refractivity contribution in [3.63, 3.8) is 0 Å². The highest BCUT2D eigenvalue weighted by molar-refractivity contribution is 7.99. The van der Waals surface area contributed by atoms with Crippen molar-refractivity contribution in [3.8, 4) is 0 Å². The normalized spacial score (nSPS) is 24.1. The van der Waals surface area contributed by atoms with E-state index in [1.54, 1.807) is 0 Å². The van der Waals surface area contributed by atoms with Gasteiger partial charge in [0.15, 0.2) is 0 Å². The third kappa shape index (κ3) is 5.44. The van der Waals surface area contributed by atoms with Crippen LogP contribution >= 0.6 is 19.5 Å². The fourth-order valence-corrected chi connectivity index (χ4v) is 5.31. The molecule has 2 unspecified atom stereocenters. The fourth-order valence-electron chi connectivity index (χ4n) is 2.93. The molecule has 2 heterocycles. The van der Waals surface area contributed by atoms with E-state index in [-0.39, 0.29) is 24.9 Å². The summed E-state index contributed by atoms with van der Waals surface area (Å²) >= 11 is 1.43. The van der Waals surface area contributed by atoms with Crippen molar-refractivity contribution in [3.05, 3.63) is 58.6 Å². The van der Waals surface area contributed by atoms with Crippen LogP contribution in [0.25, 0.3) is 0 Å². The van der Waals surface area contributed by atoms with E-state index < -0.39 is 24.9 Å². The molecule has 0 aliphatic carbocycles. The lowest BCUT2D eigenvalue weighted by molar-refractivity contribution is 0.0912. The quantitative estimate of drug-likeness (QED) is 0.460. The lowest BCUT2D eigenvalue weighted by atomic mass is 10.0. The number of aromatic nitrogens is 2. The SMILES string of the molecule is Nc1ccn([C@@H]2SCC(CCOP(=O)(O)NCc3ccccc3)[C@@H]2O)c(=O)n1. The number of benzene rings is 1. The maximum absolute atomic E-state index is 12.1. The summed E-state index contributed by atoms with van der Waals surface area (Å²) in [6.07, 6.45) is 1.10. The molecule has 9 nitrogen and oxygen atoms in total. The molecule has 2 aromatic rings. The maximum atomic E-state index is 12.1. The van der Waals surface area contributed by atoms with Crippen molar-refractivity contribution in [1.82, 2.24) is 14.6 Å². The largest absolute Gasteiger partial charge is 0.403 e. The van der Waals surface area contributed by atoms with E-state index in [4.69, 9.17) is 10.3 Å². The number of nitrogens with one attached hydrogen (secondary N) is 1. The van der Waals surface area contributed by atoms with E-state index in [0.717, 1.165) is 5.56 Å². The lowest BCUT2D eigenvalue weighted by Gasteiger charge is -2.20. The Morgan fingerprint density at radius 1 is 1.36 bits per heavy atom. The molecule has 11 heteroatoms. The smallest absolute Gasteiger partial charge is 0.390 e. The van der Waals surface area contributed by atoms with Crippen molar-refractivity contribution < 1.29 is 19.1 Å². The van der Waals surface area contributed by atoms with Crippen LogP contribution in [0.4, 0.5) is 5.82 Å². The Morgan fingerprint density at radius 3 is 2.82 bits per heavy atom. The molecule has 1 aliphatic rings. The van der Waals surface area contributed by atoms with E-state index in [2.05, 4.69) is 10.1 Å². The number of nitrogen functional groups attached to an aromatic ring is 1. The summed E-state index contributed by atoms with van der Waals surface area (Å²) in [6, 6.07) is 10.7. The average Bonchev–Trinajstić information content (AvgIpc) is 3.02. The van der Waals surface area contributed by atoms with Gasteiger partial charge in [-0.1, -0.05) is 30.3 Å². The fraction of sp³-hybridized carbons (Fsp3) is 0.412. The third-order valence-corrected chi connectivity index (χ3v) is 7.02. The molecule has 1 aliphatic heterocycles. The van der Waals surface area contributed by atoms with Crippen LogP contribution in [0.5, 0.6) is 0 Å². The van der Waals surface area contributed by atoms with E-state index in [9.17, 15) is 19.4 Å². The molecule has 1 saturated heterocycles. The van der Waals surface area contributed by atoms with Crippen LogP contribution in [0.15, 0.2) is 47.4 Å². The topological polar surface area (TPSA) is 140 Å². The van der Waals surface area contributed by atoms with E-state index in [0.29, 0.717) is 12.2 Å². The van der Waals surface area contributed by atoms with Gasteiger partial charge in [-0.05, 0) is 24.0 Å².